The predicted molar refractivity (Wildman–Crippen MR) is 110 cm³/mol. The number of rotatable bonds is 6. The SMILES string of the molecule is CC(C)Oc1cccc(CNC(=S)Nc2ccc(C(=O)N(C)C)cc2)c1. The third-order valence-electron chi connectivity index (χ3n) is 3.52. The number of carbonyl (C=O) groups excluding carboxylic acids is 1. The molecule has 0 saturated heterocycles. The summed E-state index contributed by atoms with van der Waals surface area (Å²) in [7, 11) is 3.46. The van der Waals surface area contributed by atoms with Gasteiger partial charge in [-0.2, -0.15) is 0 Å². The minimum atomic E-state index is -0.0271. The van der Waals surface area contributed by atoms with Crippen LogP contribution in [0.25, 0.3) is 0 Å². The molecule has 0 unspecified atom stereocenters. The molecule has 2 N–H and O–H groups in total. The number of nitrogens with one attached hydrogen (secondary N) is 2. The van der Waals surface area contributed by atoms with Gasteiger partial charge in [0.2, 0.25) is 0 Å². The Labute approximate surface area is 160 Å². The molecule has 138 valence electrons. The number of amides is 1. The van der Waals surface area contributed by atoms with E-state index in [0.29, 0.717) is 17.2 Å². The number of hydrogen-bond acceptors (Lipinski definition) is 3. The van der Waals surface area contributed by atoms with Crippen LogP contribution in [-0.4, -0.2) is 36.1 Å². The van der Waals surface area contributed by atoms with Crippen molar-refractivity contribution in [1.82, 2.24) is 10.2 Å². The van der Waals surface area contributed by atoms with Crippen LogP contribution in [0.2, 0.25) is 0 Å². The quantitative estimate of drug-likeness (QED) is 0.759. The zero-order valence-corrected chi connectivity index (χ0v) is 16.4. The largest absolute Gasteiger partial charge is 0.491 e. The molecule has 2 aromatic rings. The Morgan fingerprint density at radius 3 is 2.46 bits per heavy atom. The highest BCUT2D eigenvalue weighted by Gasteiger charge is 2.07. The second-order valence-corrected chi connectivity index (χ2v) is 6.81. The van der Waals surface area contributed by atoms with Crippen LogP contribution in [0.4, 0.5) is 5.69 Å². The van der Waals surface area contributed by atoms with Gasteiger partial charge >= 0.3 is 0 Å². The Hall–Kier alpha value is -2.60. The maximum Gasteiger partial charge on any atom is 0.253 e. The monoisotopic (exact) mass is 371 g/mol. The molecule has 0 atom stereocenters. The molecule has 5 nitrogen and oxygen atoms in total. The number of benzene rings is 2. The maximum absolute atomic E-state index is 11.9. The van der Waals surface area contributed by atoms with Crippen LogP contribution in [-0.2, 0) is 6.54 Å². The van der Waals surface area contributed by atoms with Gasteiger partial charge in [-0.05, 0) is 68.0 Å². The molecule has 0 aromatic heterocycles. The van der Waals surface area contributed by atoms with E-state index in [4.69, 9.17) is 17.0 Å². The fourth-order valence-electron chi connectivity index (χ4n) is 2.31. The molecule has 0 aliphatic rings. The first-order valence-corrected chi connectivity index (χ1v) is 8.88. The number of thiocarbonyl (C=S) groups is 1. The standard InChI is InChI=1S/C20H25N3O2S/c1-14(2)25-18-7-5-6-15(12-18)13-21-20(26)22-17-10-8-16(9-11-17)19(24)23(3)4/h5-12,14H,13H2,1-4H3,(H2,21,22,26). The molecule has 0 saturated carbocycles. The summed E-state index contributed by atoms with van der Waals surface area (Å²) in [4.78, 5) is 13.4. The Kier molecular flexibility index (Phi) is 6.97. The van der Waals surface area contributed by atoms with Crippen LogP contribution < -0.4 is 15.4 Å². The van der Waals surface area contributed by atoms with Gasteiger partial charge in [-0.25, -0.2) is 0 Å². The summed E-state index contributed by atoms with van der Waals surface area (Å²) in [5.41, 5.74) is 2.55. The van der Waals surface area contributed by atoms with Crippen molar-refractivity contribution in [2.75, 3.05) is 19.4 Å². The minimum Gasteiger partial charge on any atom is -0.491 e. The third kappa shape index (κ3) is 6.04. The van der Waals surface area contributed by atoms with E-state index in [1.165, 1.54) is 0 Å². The molecule has 0 fully saturated rings. The molecule has 0 bridgehead atoms. The van der Waals surface area contributed by atoms with E-state index in [9.17, 15) is 4.79 Å². The van der Waals surface area contributed by atoms with Gasteiger partial charge in [-0.3, -0.25) is 4.79 Å². The average Bonchev–Trinajstić information content (AvgIpc) is 2.60. The minimum absolute atomic E-state index is 0.0271. The highest BCUT2D eigenvalue weighted by molar-refractivity contribution is 7.80. The fourth-order valence-corrected chi connectivity index (χ4v) is 2.50. The van der Waals surface area contributed by atoms with E-state index in [0.717, 1.165) is 17.0 Å². The molecule has 6 heteroatoms. The predicted octanol–water partition coefficient (Wildman–Crippen LogP) is 3.66. The van der Waals surface area contributed by atoms with E-state index < -0.39 is 0 Å². The summed E-state index contributed by atoms with van der Waals surface area (Å²) in [6, 6.07) is 15.1. The van der Waals surface area contributed by atoms with Gasteiger partial charge in [0.25, 0.3) is 5.91 Å². The lowest BCUT2D eigenvalue weighted by atomic mass is 10.2. The molecule has 26 heavy (non-hydrogen) atoms. The van der Waals surface area contributed by atoms with Gasteiger partial charge in [0.05, 0.1) is 6.10 Å². The summed E-state index contributed by atoms with van der Waals surface area (Å²) in [5, 5.41) is 6.81. The topological polar surface area (TPSA) is 53.6 Å². The van der Waals surface area contributed by atoms with E-state index in [1.807, 2.05) is 50.2 Å². The Bertz CT molecular complexity index is 758. The first-order chi connectivity index (χ1) is 12.3. The van der Waals surface area contributed by atoms with Crippen molar-refractivity contribution in [2.45, 2.75) is 26.5 Å². The first-order valence-electron chi connectivity index (χ1n) is 8.47. The highest BCUT2D eigenvalue weighted by atomic mass is 32.1. The van der Waals surface area contributed by atoms with Gasteiger partial charge < -0.3 is 20.3 Å². The number of nitrogens with zero attached hydrogens (tertiary/aromatic N) is 1. The molecule has 0 spiro atoms. The molecule has 1 amide bonds. The van der Waals surface area contributed by atoms with Crippen LogP contribution in [0.3, 0.4) is 0 Å². The van der Waals surface area contributed by atoms with E-state index in [-0.39, 0.29) is 12.0 Å². The molecule has 0 aliphatic carbocycles. The summed E-state index contributed by atoms with van der Waals surface area (Å²) in [5.74, 6) is 0.820. The first kappa shape index (κ1) is 19.7. The van der Waals surface area contributed by atoms with Crippen molar-refractivity contribution >= 4 is 28.9 Å². The smallest absolute Gasteiger partial charge is 0.253 e. The normalized spacial score (nSPS) is 10.3. The number of ether oxygens (including phenoxy) is 1. The van der Waals surface area contributed by atoms with Crippen LogP contribution in [0, 0.1) is 0 Å². The van der Waals surface area contributed by atoms with Gasteiger partial charge in [-0.1, -0.05) is 12.1 Å². The fraction of sp³-hybridized carbons (Fsp3) is 0.300. The average molecular weight is 372 g/mol. The van der Waals surface area contributed by atoms with E-state index in [1.54, 1.807) is 31.1 Å². The Morgan fingerprint density at radius 2 is 1.85 bits per heavy atom. The second kappa shape index (κ2) is 9.20. The Morgan fingerprint density at radius 1 is 1.15 bits per heavy atom. The van der Waals surface area contributed by atoms with Gasteiger partial charge in [0.15, 0.2) is 5.11 Å². The van der Waals surface area contributed by atoms with Gasteiger partial charge in [0, 0.05) is 31.9 Å². The summed E-state index contributed by atoms with van der Waals surface area (Å²) >= 11 is 5.34. The molecule has 0 heterocycles. The number of anilines is 1. The van der Waals surface area contributed by atoms with Crippen LogP contribution in [0.5, 0.6) is 5.75 Å². The maximum atomic E-state index is 11.9. The Balaban J connectivity index is 1.88. The molecule has 2 aromatic carbocycles. The van der Waals surface area contributed by atoms with Crippen molar-refractivity contribution in [3.63, 3.8) is 0 Å². The zero-order chi connectivity index (χ0) is 19.1. The lowest BCUT2D eigenvalue weighted by Crippen LogP contribution is -2.28. The van der Waals surface area contributed by atoms with E-state index >= 15 is 0 Å². The van der Waals surface area contributed by atoms with Crippen molar-refractivity contribution in [3.8, 4) is 5.75 Å². The lowest BCUT2D eigenvalue weighted by Gasteiger charge is -2.14. The summed E-state index contributed by atoms with van der Waals surface area (Å²) in [6.07, 6.45) is 0.142. The lowest BCUT2D eigenvalue weighted by molar-refractivity contribution is 0.0827. The molecular weight excluding hydrogens is 346 g/mol. The zero-order valence-electron chi connectivity index (χ0n) is 15.6. The van der Waals surface area contributed by atoms with Crippen molar-refractivity contribution in [3.05, 3.63) is 59.7 Å². The van der Waals surface area contributed by atoms with Crippen LogP contribution in [0.1, 0.15) is 29.8 Å². The van der Waals surface area contributed by atoms with Crippen LogP contribution in [0.15, 0.2) is 48.5 Å². The molecule has 2 rings (SSSR count). The highest BCUT2D eigenvalue weighted by Crippen LogP contribution is 2.15. The van der Waals surface area contributed by atoms with Crippen molar-refractivity contribution < 1.29 is 9.53 Å². The summed E-state index contributed by atoms with van der Waals surface area (Å²) < 4.78 is 5.70. The van der Waals surface area contributed by atoms with Gasteiger partial charge in [0.1, 0.15) is 5.75 Å². The van der Waals surface area contributed by atoms with Crippen molar-refractivity contribution in [1.29, 1.82) is 0 Å². The molecular formula is C20H25N3O2S. The van der Waals surface area contributed by atoms with Gasteiger partial charge in [-0.15, -0.1) is 0 Å². The second-order valence-electron chi connectivity index (χ2n) is 6.40. The van der Waals surface area contributed by atoms with Crippen molar-refractivity contribution in [2.24, 2.45) is 0 Å². The third-order valence-corrected chi connectivity index (χ3v) is 3.77. The van der Waals surface area contributed by atoms with Crippen LogP contribution >= 0.6 is 12.2 Å². The molecule has 0 aliphatic heterocycles. The van der Waals surface area contributed by atoms with E-state index in [2.05, 4.69) is 10.6 Å². The number of hydrogen-bond donors (Lipinski definition) is 2. The molecule has 0 radical (unpaired) electrons. The number of carbonyl (C=O) groups is 1. The summed E-state index contributed by atoms with van der Waals surface area (Å²) in [6.45, 7) is 4.60.